The summed E-state index contributed by atoms with van der Waals surface area (Å²) in [5.74, 6) is 0.708. The molecule has 3 aliphatic carbocycles. The van der Waals surface area contributed by atoms with E-state index in [0.717, 1.165) is 25.7 Å². The first-order chi connectivity index (χ1) is 15.0. The minimum atomic E-state index is -3.41. The van der Waals surface area contributed by atoms with Crippen molar-refractivity contribution in [1.82, 2.24) is 0 Å². The van der Waals surface area contributed by atoms with E-state index in [1.54, 1.807) is 0 Å². The molecule has 188 valence electrons. The zero-order chi connectivity index (χ0) is 24.4. The summed E-state index contributed by atoms with van der Waals surface area (Å²) in [7, 11) is -5.28. The van der Waals surface area contributed by atoms with E-state index in [4.69, 9.17) is 9.16 Å². The summed E-state index contributed by atoms with van der Waals surface area (Å²) in [5.41, 5.74) is -0.435. The van der Waals surface area contributed by atoms with Gasteiger partial charge < -0.3 is 9.16 Å². The van der Waals surface area contributed by atoms with Crippen molar-refractivity contribution in [2.45, 2.75) is 109 Å². The summed E-state index contributed by atoms with van der Waals surface area (Å²) in [6.45, 7) is 18.5. The lowest BCUT2D eigenvalue weighted by Crippen LogP contribution is -2.47. The molecule has 0 N–H and O–H groups in total. The van der Waals surface area contributed by atoms with Gasteiger partial charge in [0, 0.05) is 5.92 Å². The normalized spacial score (nSPS) is 47.3. The second-order valence-corrected chi connectivity index (χ2v) is 21.3. The van der Waals surface area contributed by atoms with Gasteiger partial charge in [-0.15, -0.1) is 0 Å². The second kappa shape index (κ2) is 6.95. The van der Waals surface area contributed by atoms with E-state index < -0.39 is 23.4 Å². The summed E-state index contributed by atoms with van der Waals surface area (Å²) >= 11 is 0. The van der Waals surface area contributed by atoms with E-state index in [9.17, 15) is 13.2 Å². The number of Topliss-reactive ketones (excluding diaryl/α,β-unsaturated/α-hetero) is 1. The van der Waals surface area contributed by atoms with Crippen LogP contribution in [-0.4, -0.2) is 51.8 Å². The van der Waals surface area contributed by atoms with Crippen LogP contribution in [0.15, 0.2) is 0 Å². The van der Waals surface area contributed by atoms with Crippen LogP contribution in [0.2, 0.25) is 18.1 Å². The van der Waals surface area contributed by atoms with E-state index in [1.807, 2.05) is 0 Å². The van der Waals surface area contributed by atoms with Crippen molar-refractivity contribution in [2.75, 3.05) is 12.4 Å². The highest BCUT2D eigenvalue weighted by Crippen LogP contribution is 2.73. The standard InChI is InChI=1S/C26H44O5SSi/c1-16-13-26(14-30-33(7,8)23(2,3)4)20(31-26)12-18(16)21(27)22-19-11-17-9-10-25(19,24(17,5)6)15-32(22,28)29/h16-20,22H,9-15H2,1-8H3/t16-,17+,18-,19+,20+,22-,25-,26+/m0/s1. The van der Waals surface area contributed by atoms with Gasteiger partial charge in [0.25, 0.3) is 0 Å². The van der Waals surface area contributed by atoms with Crippen LogP contribution < -0.4 is 0 Å². The highest BCUT2D eigenvalue weighted by Gasteiger charge is 2.73. The number of sulfone groups is 1. The van der Waals surface area contributed by atoms with Gasteiger partial charge in [-0.3, -0.25) is 4.79 Å². The molecule has 2 saturated heterocycles. The molecule has 7 heteroatoms. The van der Waals surface area contributed by atoms with Gasteiger partial charge in [-0.05, 0) is 78.8 Å². The molecule has 0 unspecified atom stereocenters. The molecule has 5 aliphatic rings. The van der Waals surface area contributed by atoms with Crippen LogP contribution in [-0.2, 0) is 23.8 Å². The van der Waals surface area contributed by atoms with Crippen LogP contribution in [0.5, 0.6) is 0 Å². The van der Waals surface area contributed by atoms with Crippen LogP contribution in [0.25, 0.3) is 0 Å². The van der Waals surface area contributed by atoms with Gasteiger partial charge in [0.15, 0.2) is 23.9 Å². The van der Waals surface area contributed by atoms with Crippen molar-refractivity contribution < 1.29 is 22.4 Å². The number of ether oxygens (including phenoxy) is 1. The fourth-order valence-electron chi connectivity index (χ4n) is 8.14. The Balaban J connectivity index is 1.31. The highest BCUT2D eigenvalue weighted by atomic mass is 32.2. The summed E-state index contributed by atoms with van der Waals surface area (Å²) in [6.07, 6.45) is 4.47. The van der Waals surface area contributed by atoms with Gasteiger partial charge in [-0.25, -0.2) is 8.42 Å². The van der Waals surface area contributed by atoms with Crippen LogP contribution in [0.4, 0.5) is 0 Å². The minimum Gasteiger partial charge on any atom is -0.414 e. The number of epoxide rings is 1. The lowest BCUT2D eigenvalue weighted by atomic mass is 9.64. The number of hydrogen-bond donors (Lipinski definition) is 0. The molecule has 2 aliphatic heterocycles. The molecule has 3 saturated carbocycles. The summed E-state index contributed by atoms with van der Waals surface area (Å²) < 4.78 is 39.6. The molecule has 2 bridgehead atoms. The molecule has 0 aromatic heterocycles. The third kappa shape index (κ3) is 3.27. The minimum absolute atomic E-state index is 0.00198. The molecule has 2 heterocycles. The molecule has 0 amide bonds. The first-order valence-corrected chi connectivity index (χ1v) is 17.7. The third-order valence-corrected chi connectivity index (χ3v) is 18.3. The summed E-state index contributed by atoms with van der Waals surface area (Å²) in [5, 5.41) is -0.641. The Morgan fingerprint density at radius 3 is 2.45 bits per heavy atom. The number of fused-ring (bicyclic) bond motifs is 2. The molecule has 0 aromatic rings. The maximum atomic E-state index is 13.9. The Kier molecular flexibility index (Phi) is 5.15. The lowest BCUT2D eigenvalue weighted by molar-refractivity contribution is -0.126. The molecule has 8 atom stereocenters. The molecule has 33 heavy (non-hydrogen) atoms. The van der Waals surface area contributed by atoms with Crippen molar-refractivity contribution >= 4 is 23.9 Å². The predicted octanol–water partition coefficient (Wildman–Crippen LogP) is 5.00. The average Bonchev–Trinajstić information content (AvgIpc) is 3.17. The Morgan fingerprint density at radius 2 is 1.85 bits per heavy atom. The fourth-order valence-corrected chi connectivity index (χ4v) is 12.2. The fraction of sp³-hybridized carbons (Fsp3) is 0.962. The average molecular weight is 497 g/mol. The van der Waals surface area contributed by atoms with E-state index in [2.05, 4.69) is 54.6 Å². The van der Waals surface area contributed by atoms with Gasteiger partial charge in [-0.2, -0.15) is 0 Å². The van der Waals surface area contributed by atoms with Crippen molar-refractivity contribution in [2.24, 2.45) is 34.5 Å². The van der Waals surface area contributed by atoms with Crippen molar-refractivity contribution in [3.05, 3.63) is 0 Å². The number of hydrogen-bond acceptors (Lipinski definition) is 5. The van der Waals surface area contributed by atoms with Crippen molar-refractivity contribution in [1.29, 1.82) is 0 Å². The molecule has 5 rings (SSSR count). The molecule has 1 spiro atoms. The monoisotopic (exact) mass is 496 g/mol. The largest absolute Gasteiger partial charge is 0.414 e. The SMILES string of the molecule is C[C@H]1C[C@]2(CO[Si](C)(C)C(C)(C)C)O[C@@H]2C[C@@H]1C(=O)[C@@H]1[C@H]2C[C@H]3CC[C@@]2(CS1(=O)=O)C3(C)C. The van der Waals surface area contributed by atoms with Crippen LogP contribution in [0.1, 0.15) is 73.6 Å². The Hall–Kier alpha value is -0.243. The smallest absolute Gasteiger partial charge is 0.192 e. The zero-order valence-corrected chi connectivity index (χ0v) is 23.7. The van der Waals surface area contributed by atoms with Gasteiger partial charge in [0.05, 0.1) is 18.5 Å². The summed E-state index contributed by atoms with van der Waals surface area (Å²) in [6, 6.07) is 0. The predicted molar refractivity (Wildman–Crippen MR) is 132 cm³/mol. The van der Waals surface area contributed by atoms with E-state index >= 15 is 0 Å². The molecule has 0 aromatic carbocycles. The van der Waals surface area contributed by atoms with Crippen molar-refractivity contribution in [3.63, 3.8) is 0 Å². The molecular formula is C26H44O5SSi. The van der Waals surface area contributed by atoms with Gasteiger partial charge in [-0.1, -0.05) is 41.5 Å². The van der Waals surface area contributed by atoms with Gasteiger partial charge in [0.1, 0.15) is 10.9 Å². The highest BCUT2D eigenvalue weighted by molar-refractivity contribution is 7.93. The first-order valence-electron chi connectivity index (χ1n) is 13.0. The molecule has 5 fully saturated rings. The maximum Gasteiger partial charge on any atom is 0.192 e. The number of carbonyl (C=O) groups excluding carboxylic acids is 1. The molecule has 0 radical (unpaired) electrons. The second-order valence-electron chi connectivity index (χ2n) is 14.3. The quantitative estimate of drug-likeness (QED) is 0.396. The number of rotatable bonds is 5. The van der Waals surface area contributed by atoms with E-state index in [1.165, 1.54) is 0 Å². The number of carbonyl (C=O) groups is 1. The van der Waals surface area contributed by atoms with E-state index in [-0.39, 0.29) is 56.9 Å². The Morgan fingerprint density at radius 1 is 1.18 bits per heavy atom. The van der Waals surface area contributed by atoms with Gasteiger partial charge in [0.2, 0.25) is 0 Å². The third-order valence-electron chi connectivity index (χ3n) is 11.6. The first kappa shape index (κ1) is 24.5. The zero-order valence-electron chi connectivity index (χ0n) is 21.9. The molecule has 5 nitrogen and oxygen atoms in total. The number of ketones is 1. The van der Waals surface area contributed by atoms with E-state index in [0.29, 0.717) is 18.9 Å². The van der Waals surface area contributed by atoms with Crippen LogP contribution >= 0.6 is 0 Å². The van der Waals surface area contributed by atoms with Crippen LogP contribution in [0.3, 0.4) is 0 Å². The topological polar surface area (TPSA) is 73.0 Å². The lowest BCUT2D eigenvalue weighted by Gasteiger charge is -2.39. The Bertz CT molecular complexity index is 966. The van der Waals surface area contributed by atoms with Crippen molar-refractivity contribution in [3.8, 4) is 0 Å². The van der Waals surface area contributed by atoms with Gasteiger partial charge >= 0.3 is 0 Å². The summed E-state index contributed by atoms with van der Waals surface area (Å²) in [4.78, 5) is 13.9. The maximum absolute atomic E-state index is 13.9. The Labute approximate surface area is 201 Å². The molecular weight excluding hydrogens is 452 g/mol. The van der Waals surface area contributed by atoms with Crippen LogP contribution in [0, 0.1) is 34.5 Å².